The Balaban J connectivity index is 0.00000300. The van der Waals surface area contributed by atoms with Crippen LogP contribution in [-0.2, 0) is 16.6 Å². The molecular formula is C19H29IN6O2S. The van der Waals surface area contributed by atoms with Gasteiger partial charge in [0.2, 0.25) is 10.0 Å². The molecule has 0 aliphatic carbocycles. The summed E-state index contributed by atoms with van der Waals surface area (Å²) in [5.74, 6) is 1.37. The third kappa shape index (κ3) is 6.33. The maximum Gasteiger partial charge on any atom is 0.229 e. The minimum absolute atomic E-state index is 0. The van der Waals surface area contributed by atoms with Crippen molar-refractivity contribution in [2.75, 3.05) is 31.1 Å². The number of para-hydroxylation sites is 1. The number of piperidine rings is 1. The molecule has 0 saturated carbocycles. The van der Waals surface area contributed by atoms with Crippen LogP contribution in [0, 0.1) is 5.92 Å². The summed E-state index contributed by atoms with van der Waals surface area (Å²) in [4.78, 5) is 10.9. The van der Waals surface area contributed by atoms with Gasteiger partial charge in [-0.05, 0) is 24.0 Å². The molecule has 1 saturated heterocycles. The number of likely N-dealkylation sites (tertiary alicyclic amines) is 1. The molecule has 0 radical (unpaired) electrons. The molecule has 1 fully saturated rings. The van der Waals surface area contributed by atoms with Gasteiger partial charge < -0.3 is 14.8 Å². The summed E-state index contributed by atoms with van der Waals surface area (Å²) in [6.45, 7) is 4.52. The molecule has 2 N–H and O–H groups in total. The van der Waals surface area contributed by atoms with Gasteiger partial charge >= 0.3 is 0 Å². The summed E-state index contributed by atoms with van der Waals surface area (Å²) in [5, 5.41) is 3.38. The van der Waals surface area contributed by atoms with Crippen LogP contribution in [0.25, 0.3) is 0 Å². The van der Waals surface area contributed by atoms with Crippen molar-refractivity contribution in [1.82, 2.24) is 19.8 Å². The first-order valence-electron chi connectivity index (χ1n) is 9.36. The van der Waals surface area contributed by atoms with Crippen LogP contribution in [0.15, 0.2) is 48.0 Å². The Bertz CT molecular complexity index is 917. The van der Waals surface area contributed by atoms with Crippen LogP contribution in [0.2, 0.25) is 0 Å². The Morgan fingerprint density at radius 3 is 2.76 bits per heavy atom. The number of imidazole rings is 1. The number of nitrogens with zero attached hydrogens (tertiary/aromatic N) is 4. The van der Waals surface area contributed by atoms with E-state index in [0.29, 0.717) is 24.2 Å². The summed E-state index contributed by atoms with van der Waals surface area (Å²) in [6, 6.07) is 7.71. The van der Waals surface area contributed by atoms with Crippen molar-refractivity contribution in [3.8, 4) is 0 Å². The number of aromatic nitrogens is 2. The van der Waals surface area contributed by atoms with Crippen LogP contribution in [0.1, 0.15) is 24.9 Å². The monoisotopic (exact) mass is 532 g/mol. The predicted molar refractivity (Wildman–Crippen MR) is 127 cm³/mol. The van der Waals surface area contributed by atoms with Crippen molar-refractivity contribution < 1.29 is 8.42 Å². The molecule has 3 rings (SSSR count). The molecule has 2 atom stereocenters. The summed E-state index contributed by atoms with van der Waals surface area (Å²) >= 11 is 0. The fraction of sp³-hybridized carbons (Fsp3) is 0.474. The minimum Gasteiger partial charge on any atom is -0.352 e. The van der Waals surface area contributed by atoms with E-state index in [9.17, 15) is 8.42 Å². The zero-order chi connectivity index (χ0) is 20.1. The van der Waals surface area contributed by atoms with Crippen molar-refractivity contribution in [2.45, 2.75) is 25.9 Å². The highest BCUT2D eigenvalue weighted by molar-refractivity contribution is 14.0. The smallest absolute Gasteiger partial charge is 0.229 e. The highest BCUT2D eigenvalue weighted by Gasteiger charge is 2.28. The van der Waals surface area contributed by atoms with Crippen LogP contribution in [-0.4, -0.2) is 55.2 Å². The Labute approximate surface area is 189 Å². The van der Waals surface area contributed by atoms with E-state index in [4.69, 9.17) is 0 Å². The van der Waals surface area contributed by atoms with Gasteiger partial charge in [-0.1, -0.05) is 25.1 Å². The van der Waals surface area contributed by atoms with Gasteiger partial charge in [-0.25, -0.2) is 13.4 Å². The molecule has 2 unspecified atom stereocenters. The standard InChI is InChI=1S/C19H28N6O2S.HI/c1-15-8-10-24(13-18(15)25-11-9-21-14-25)19(20-2)22-12-16-6-4-5-7-17(16)23-28(3,26)27;/h4-7,9,11,14-15,18,23H,8,10,12-13H2,1-3H3,(H,20,22);1H. The molecule has 1 aromatic heterocycles. The maximum absolute atomic E-state index is 11.6. The molecule has 0 spiro atoms. The lowest BCUT2D eigenvalue weighted by Crippen LogP contribution is -2.48. The molecule has 160 valence electrons. The number of nitrogens with one attached hydrogen (secondary N) is 2. The van der Waals surface area contributed by atoms with Crippen LogP contribution >= 0.6 is 24.0 Å². The van der Waals surface area contributed by atoms with Crippen molar-refractivity contribution in [3.63, 3.8) is 0 Å². The molecule has 8 nitrogen and oxygen atoms in total. The van der Waals surface area contributed by atoms with Gasteiger partial charge in [0.05, 0.1) is 24.3 Å². The second kappa shape index (κ2) is 10.3. The first-order chi connectivity index (χ1) is 13.4. The average Bonchev–Trinajstić information content (AvgIpc) is 3.18. The van der Waals surface area contributed by atoms with Gasteiger partial charge in [0.15, 0.2) is 5.96 Å². The van der Waals surface area contributed by atoms with Gasteiger partial charge in [0, 0.05) is 39.1 Å². The van der Waals surface area contributed by atoms with Gasteiger partial charge in [0.1, 0.15) is 0 Å². The van der Waals surface area contributed by atoms with Crippen LogP contribution in [0.3, 0.4) is 0 Å². The van der Waals surface area contributed by atoms with E-state index in [1.807, 2.05) is 36.9 Å². The number of anilines is 1. The van der Waals surface area contributed by atoms with E-state index in [0.717, 1.165) is 37.3 Å². The second-order valence-electron chi connectivity index (χ2n) is 7.22. The minimum atomic E-state index is -3.33. The van der Waals surface area contributed by atoms with Gasteiger partial charge in [-0.15, -0.1) is 24.0 Å². The number of hydrogen-bond donors (Lipinski definition) is 2. The highest BCUT2D eigenvalue weighted by atomic mass is 127. The number of guanidine groups is 1. The molecule has 1 aliphatic heterocycles. The molecule has 2 heterocycles. The van der Waals surface area contributed by atoms with E-state index in [1.165, 1.54) is 0 Å². The van der Waals surface area contributed by atoms with Crippen LogP contribution < -0.4 is 10.0 Å². The Kier molecular flexibility index (Phi) is 8.32. The quantitative estimate of drug-likeness (QED) is 0.351. The fourth-order valence-corrected chi connectivity index (χ4v) is 4.17. The lowest BCUT2D eigenvalue weighted by Gasteiger charge is -2.39. The van der Waals surface area contributed by atoms with Crippen molar-refractivity contribution in [1.29, 1.82) is 0 Å². The lowest BCUT2D eigenvalue weighted by molar-refractivity contribution is 0.189. The number of aliphatic imine (C=N–C) groups is 1. The number of rotatable bonds is 5. The van der Waals surface area contributed by atoms with E-state index in [-0.39, 0.29) is 24.0 Å². The molecular weight excluding hydrogens is 503 g/mol. The van der Waals surface area contributed by atoms with Gasteiger partial charge in [-0.3, -0.25) is 9.71 Å². The molecule has 1 aliphatic rings. The molecule has 0 bridgehead atoms. The highest BCUT2D eigenvalue weighted by Crippen LogP contribution is 2.27. The van der Waals surface area contributed by atoms with Crippen molar-refractivity contribution in [3.05, 3.63) is 48.5 Å². The van der Waals surface area contributed by atoms with Crippen LogP contribution in [0.5, 0.6) is 0 Å². The van der Waals surface area contributed by atoms with Crippen molar-refractivity contribution in [2.24, 2.45) is 10.9 Å². The predicted octanol–water partition coefficient (Wildman–Crippen LogP) is 2.53. The first-order valence-corrected chi connectivity index (χ1v) is 11.2. The maximum atomic E-state index is 11.6. The largest absolute Gasteiger partial charge is 0.352 e. The summed E-state index contributed by atoms with van der Waals surface area (Å²) < 4.78 is 27.9. The third-order valence-electron chi connectivity index (χ3n) is 5.09. The van der Waals surface area contributed by atoms with Crippen LogP contribution in [0.4, 0.5) is 5.69 Å². The zero-order valence-electron chi connectivity index (χ0n) is 16.9. The SMILES string of the molecule is CN=C(NCc1ccccc1NS(C)(=O)=O)N1CCC(C)C(n2ccnc2)C1.I. The lowest BCUT2D eigenvalue weighted by atomic mass is 9.93. The number of benzene rings is 1. The third-order valence-corrected chi connectivity index (χ3v) is 5.68. The van der Waals surface area contributed by atoms with Crippen molar-refractivity contribution >= 4 is 45.6 Å². The zero-order valence-corrected chi connectivity index (χ0v) is 20.1. The summed E-state index contributed by atoms with van der Waals surface area (Å²) in [7, 11) is -1.56. The van der Waals surface area contributed by atoms with Gasteiger partial charge in [0.25, 0.3) is 0 Å². The summed E-state index contributed by atoms with van der Waals surface area (Å²) in [5.41, 5.74) is 1.45. The molecule has 0 amide bonds. The molecule has 2 aromatic rings. The van der Waals surface area contributed by atoms with E-state index >= 15 is 0 Å². The van der Waals surface area contributed by atoms with E-state index < -0.39 is 10.0 Å². The second-order valence-corrected chi connectivity index (χ2v) is 8.97. The average molecular weight is 532 g/mol. The Morgan fingerprint density at radius 1 is 1.34 bits per heavy atom. The molecule has 10 heteroatoms. The number of halogens is 1. The first kappa shape index (κ1) is 23.5. The molecule has 1 aromatic carbocycles. The number of sulfonamides is 1. The summed E-state index contributed by atoms with van der Waals surface area (Å²) in [6.07, 6.45) is 7.91. The molecule has 29 heavy (non-hydrogen) atoms. The normalized spacial score (nSPS) is 20.1. The Morgan fingerprint density at radius 2 is 2.10 bits per heavy atom. The topological polar surface area (TPSA) is 91.6 Å². The van der Waals surface area contributed by atoms with Gasteiger partial charge in [-0.2, -0.15) is 0 Å². The van der Waals surface area contributed by atoms with E-state index in [2.05, 4.69) is 36.4 Å². The fourth-order valence-electron chi connectivity index (χ4n) is 3.58. The number of hydrogen-bond acceptors (Lipinski definition) is 4. The van der Waals surface area contributed by atoms with E-state index in [1.54, 1.807) is 13.1 Å². The Hall–Kier alpha value is -1.82.